The highest BCUT2D eigenvalue weighted by Gasteiger charge is 2.20. The Morgan fingerprint density at radius 2 is 2.00 bits per heavy atom. The van der Waals surface area contributed by atoms with Crippen molar-refractivity contribution in [3.8, 4) is 0 Å². The van der Waals surface area contributed by atoms with Gasteiger partial charge in [0.05, 0.1) is 0 Å². The van der Waals surface area contributed by atoms with Crippen molar-refractivity contribution in [1.82, 2.24) is 0 Å². The van der Waals surface area contributed by atoms with E-state index in [2.05, 4.69) is 34.3 Å². The molecule has 12 heavy (non-hydrogen) atoms. The second kappa shape index (κ2) is 4.66. The largest absolute Gasteiger partial charge is 0.330 e. The summed E-state index contributed by atoms with van der Waals surface area (Å²) in [7, 11) is 0. The molecule has 1 unspecified atom stereocenters. The van der Waals surface area contributed by atoms with E-state index in [1.165, 1.54) is 12.0 Å². The Kier molecular flexibility index (Phi) is 4.54. The Labute approximate surface area is 77.0 Å². The maximum absolute atomic E-state index is 5.66. The summed E-state index contributed by atoms with van der Waals surface area (Å²) in [5.74, 6) is 0.739. The second-order valence-corrected chi connectivity index (χ2v) is 4.41. The van der Waals surface area contributed by atoms with Crippen LogP contribution in [0.5, 0.6) is 0 Å². The molecule has 0 aliphatic carbocycles. The molecule has 0 saturated heterocycles. The molecule has 1 atom stereocenters. The van der Waals surface area contributed by atoms with E-state index in [0.717, 1.165) is 12.3 Å². The molecule has 0 bridgehead atoms. The molecule has 0 saturated carbocycles. The van der Waals surface area contributed by atoms with Crippen LogP contribution in [-0.2, 0) is 0 Å². The van der Waals surface area contributed by atoms with Gasteiger partial charge in [-0.05, 0) is 17.8 Å². The predicted molar refractivity (Wildman–Crippen MR) is 56.0 cm³/mol. The summed E-state index contributed by atoms with van der Waals surface area (Å²) >= 11 is 0. The summed E-state index contributed by atoms with van der Waals surface area (Å²) in [5.41, 5.74) is 7.07. The first-order chi connectivity index (χ1) is 5.44. The van der Waals surface area contributed by atoms with E-state index in [1.54, 1.807) is 0 Å². The van der Waals surface area contributed by atoms with Gasteiger partial charge in [0, 0.05) is 6.54 Å². The van der Waals surface area contributed by atoms with Crippen LogP contribution in [0.3, 0.4) is 0 Å². The van der Waals surface area contributed by atoms with Crippen LogP contribution in [0, 0.1) is 11.3 Å². The first kappa shape index (κ1) is 11.7. The van der Waals surface area contributed by atoms with E-state index in [1.807, 2.05) is 0 Å². The highest BCUT2D eigenvalue weighted by molar-refractivity contribution is 5.08. The molecule has 1 heteroatoms. The van der Waals surface area contributed by atoms with Crippen LogP contribution in [0.25, 0.3) is 0 Å². The molecule has 72 valence electrons. The van der Waals surface area contributed by atoms with Gasteiger partial charge in [-0.25, -0.2) is 0 Å². The summed E-state index contributed by atoms with van der Waals surface area (Å²) in [6.45, 7) is 13.6. The van der Waals surface area contributed by atoms with Crippen molar-refractivity contribution in [2.45, 2.75) is 40.5 Å². The highest BCUT2D eigenvalue weighted by Crippen LogP contribution is 2.29. The van der Waals surface area contributed by atoms with Gasteiger partial charge in [0.15, 0.2) is 0 Å². The van der Waals surface area contributed by atoms with Gasteiger partial charge in [0.1, 0.15) is 0 Å². The van der Waals surface area contributed by atoms with Gasteiger partial charge < -0.3 is 5.73 Å². The Morgan fingerprint density at radius 3 is 2.33 bits per heavy atom. The fourth-order valence-corrected chi connectivity index (χ4v) is 0.986. The van der Waals surface area contributed by atoms with E-state index in [9.17, 15) is 0 Å². The normalized spacial score (nSPS) is 14.4. The van der Waals surface area contributed by atoms with Crippen LogP contribution in [0.4, 0.5) is 0 Å². The van der Waals surface area contributed by atoms with E-state index < -0.39 is 0 Å². The highest BCUT2D eigenvalue weighted by atomic mass is 14.6. The fourth-order valence-electron chi connectivity index (χ4n) is 0.986. The molecule has 0 aliphatic rings. The first-order valence-electron chi connectivity index (χ1n) is 4.82. The third kappa shape index (κ3) is 3.40. The minimum atomic E-state index is 0.115. The maximum Gasteiger partial charge on any atom is 0.00114 e. The third-order valence-corrected chi connectivity index (χ3v) is 2.76. The Hall–Kier alpha value is -0.300. The van der Waals surface area contributed by atoms with Gasteiger partial charge in [0.25, 0.3) is 0 Å². The van der Waals surface area contributed by atoms with Gasteiger partial charge >= 0.3 is 0 Å². The molecule has 0 heterocycles. The molecule has 0 fully saturated rings. The van der Waals surface area contributed by atoms with Crippen molar-refractivity contribution < 1.29 is 0 Å². The van der Waals surface area contributed by atoms with E-state index in [4.69, 9.17) is 5.73 Å². The van der Waals surface area contributed by atoms with Crippen molar-refractivity contribution in [2.75, 3.05) is 6.54 Å². The average Bonchev–Trinajstić information content (AvgIpc) is 2.04. The molecule has 0 aliphatic heterocycles. The van der Waals surface area contributed by atoms with Crippen LogP contribution in [0.1, 0.15) is 40.5 Å². The molecule has 0 amide bonds. The van der Waals surface area contributed by atoms with E-state index >= 15 is 0 Å². The minimum absolute atomic E-state index is 0.115. The monoisotopic (exact) mass is 169 g/mol. The SMILES string of the molecule is C=C(CC(C)CC)C(C)(C)CN. The molecule has 0 radical (unpaired) electrons. The number of rotatable bonds is 5. The van der Waals surface area contributed by atoms with Crippen LogP contribution in [0.15, 0.2) is 12.2 Å². The van der Waals surface area contributed by atoms with Gasteiger partial charge in [-0.15, -0.1) is 0 Å². The Bertz CT molecular complexity index is 147. The summed E-state index contributed by atoms with van der Waals surface area (Å²) in [4.78, 5) is 0. The van der Waals surface area contributed by atoms with Crippen LogP contribution in [-0.4, -0.2) is 6.54 Å². The van der Waals surface area contributed by atoms with Crippen molar-refractivity contribution in [3.05, 3.63) is 12.2 Å². The molecule has 0 aromatic heterocycles. The molecule has 0 spiro atoms. The van der Waals surface area contributed by atoms with Crippen molar-refractivity contribution in [2.24, 2.45) is 17.1 Å². The first-order valence-corrected chi connectivity index (χ1v) is 4.82. The molecule has 0 rings (SSSR count). The smallest absolute Gasteiger partial charge is 0.00114 e. The van der Waals surface area contributed by atoms with Gasteiger partial charge in [-0.1, -0.05) is 46.3 Å². The Morgan fingerprint density at radius 1 is 1.50 bits per heavy atom. The standard InChI is InChI=1S/C11H23N/c1-6-9(2)7-10(3)11(4,5)8-12/h9H,3,6-8,12H2,1-2,4-5H3. The lowest BCUT2D eigenvalue weighted by atomic mass is 9.80. The van der Waals surface area contributed by atoms with E-state index in [0.29, 0.717) is 6.54 Å². The van der Waals surface area contributed by atoms with Crippen molar-refractivity contribution in [1.29, 1.82) is 0 Å². The van der Waals surface area contributed by atoms with Crippen LogP contribution in [0.2, 0.25) is 0 Å². The number of hydrogen-bond acceptors (Lipinski definition) is 1. The fraction of sp³-hybridized carbons (Fsp3) is 0.818. The second-order valence-electron chi connectivity index (χ2n) is 4.41. The van der Waals surface area contributed by atoms with E-state index in [-0.39, 0.29) is 5.41 Å². The van der Waals surface area contributed by atoms with Crippen molar-refractivity contribution >= 4 is 0 Å². The van der Waals surface area contributed by atoms with Crippen molar-refractivity contribution in [3.63, 3.8) is 0 Å². The number of hydrogen-bond donors (Lipinski definition) is 1. The Balaban J connectivity index is 4.03. The third-order valence-electron chi connectivity index (χ3n) is 2.76. The quantitative estimate of drug-likeness (QED) is 0.629. The molecule has 1 nitrogen and oxygen atoms in total. The lowest BCUT2D eigenvalue weighted by Gasteiger charge is -2.27. The summed E-state index contributed by atoms with van der Waals surface area (Å²) in [6, 6.07) is 0. The predicted octanol–water partition coefficient (Wildman–Crippen LogP) is 2.96. The summed E-state index contributed by atoms with van der Waals surface area (Å²) in [5, 5.41) is 0. The lowest BCUT2D eigenvalue weighted by Crippen LogP contribution is -2.26. The zero-order chi connectivity index (χ0) is 9.78. The maximum atomic E-state index is 5.66. The lowest BCUT2D eigenvalue weighted by molar-refractivity contribution is 0.412. The van der Waals surface area contributed by atoms with Gasteiger partial charge in [0.2, 0.25) is 0 Å². The minimum Gasteiger partial charge on any atom is -0.330 e. The number of nitrogens with two attached hydrogens (primary N) is 1. The topological polar surface area (TPSA) is 26.0 Å². The molecule has 0 aromatic carbocycles. The van der Waals surface area contributed by atoms with Gasteiger partial charge in [-0.2, -0.15) is 0 Å². The zero-order valence-electron chi connectivity index (χ0n) is 8.98. The van der Waals surface area contributed by atoms with Crippen LogP contribution < -0.4 is 5.73 Å². The molecular weight excluding hydrogens is 146 g/mol. The van der Waals surface area contributed by atoms with Crippen LogP contribution >= 0.6 is 0 Å². The molecule has 0 aromatic rings. The average molecular weight is 169 g/mol. The summed E-state index contributed by atoms with van der Waals surface area (Å²) in [6.07, 6.45) is 2.33. The summed E-state index contributed by atoms with van der Waals surface area (Å²) < 4.78 is 0. The molecular formula is C11H23N. The zero-order valence-corrected chi connectivity index (χ0v) is 8.98. The molecule has 2 N–H and O–H groups in total. The van der Waals surface area contributed by atoms with Gasteiger partial charge in [-0.3, -0.25) is 0 Å².